The second kappa shape index (κ2) is 10.7. The van der Waals surface area contributed by atoms with E-state index in [0.717, 1.165) is 10.8 Å². The molecule has 10 nitrogen and oxygen atoms in total. The minimum atomic E-state index is -0.764. The largest absolute Gasteiger partial charge is 0.497 e. The van der Waals surface area contributed by atoms with Gasteiger partial charge in [-0.3, -0.25) is 24.5 Å². The normalized spacial score (nSPS) is 10.3. The maximum atomic E-state index is 12.2. The number of nitro groups is 1. The smallest absolute Gasteiger partial charge is 0.306 e. The number of hydrogen-bond donors (Lipinski definition) is 2. The van der Waals surface area contributed by atoms with Crippen LogP contribution in [0.3, 0.4) is 0 Å². The molecule has 0 atom stereocenters. The summed E-state index contributed by atoms with van der Waals surface area (Å²) in [5, 5.41) is 18.0. The fourth-order valence-corrected chi connectivity index (χ4v) is 3.07. The molecule has 0 fully saturated rings. The standard InChI is InChI=1S/C23H21N3O7/c1-32-16-9-10-20(26(30)31)19(13-16)25-22(28)14-33-23(29)12-11-21(27)24-18-8-4-6-15-5-2-3-7-17(15)18/h2-10,13H,11-12,14H2,1H3,(H,24,27)(H,25,28). The molecular weight excluding hydrogens is 430 g/mol. The number of benzene rings is 3. The van der Waals surface area contributed by atoms with Crippen molar-refractivity contribution >= 4 is 45.6 Å². The third-order valence-corrected chi connectivity index (χ3v) is 4.66. The van der Waals surface area contributed by atoms with E-state index >= 15 is 0 Å². The van der Waals surface area contributed by atoms with Gasteiger partial charge in [0.15, 0.2) is 6.61 Å². The van der Waals surface area contributed by atoms with Gasteiger partial charge in [0.25, 0.3) is 11.6 Å². The average molecular weight is 451 g/mol. The van der Waals surface area contributed by atoms with Crippen LogP contribution in [0.2, 0.25) is 0 Å². The maximum Gasteiger partial charge on any atom is 0.306 e. The van der Waals surface area contributed by atoms with Crippen molar-refractivity contribution in [3.05, 3.63) is 70.8 Å². The predicted octanol–water partition coefficient (Wildman–Crippen LogP) is 3.66. The van der Waals surface area contributed by atoms with Crippen molar-refractivity contribution < 1.29 is 28.8 Å². The number of rotatable bonds is 9. The van der Waals surface area contributed by atoms with Crippen molar-refractivity contribution in [3.8, 4) is 5.75 Å². The fraction of sp³-hybridized carbons (Fsp3) is 0.174. The van der Waals surface area contributed by atoms with Crippen molar-refractivity contribution in [3.63, 3.8) is 0 Å². The number of esters is 1. The molecule has 0 aliphatic heterocycles. The van der Waals surface area contributed by atoms with E-state index in [-0.39, 0.29) is 30.1 Å². The zero-order chi connectivity index (χ0) is 23.8. The lowest BCUT2D eigenvalue weighted by Crippen LogP contribution is -2.22. The molecule has 0 unspecified atom stereocenters. The van der Waals surface area contributed by atoms with Gasteiger partial charge in [-0.15, -0.1) is 0 Å². The van der Waals surface area contributed by atoms with Crippen LogP contribution in [0, 0.1) is 10.1 Å². The summed E-state index contributed by atoms with van der Waals surface area (Å²) in [5.74, 6) is -1.58. The second-order valence-electron chi connectivity index (χ2n) is 6.92. The molecular formula is C23H21N3O7. The van der Waals surface area contributed by atoms with Crippen LogP contribution >= 0.6 is 0 Å². The lowest BCUT2D eigenvalue weighted by Gasteiger charge is -2.10. The van der Waals surface area contributed by atoms with E-state index in [1.54, 1.807) is 6.07 Å². The first-order valence-electron chi connectivity index (χ1n) is 9.93. The Hall–Kier alpha value is -4.47. The van der Waals surface area contributed by atoms with Gasteiger partial charge >= 0.3 is 5.97 Å². The molecule has 33 heavy (non-hydrogen) atoms. The molecule has 10 heteroatoms. The van der Waals surface area contributed by atoms with E-state index in [4.69, 9.17) is 9.47 Å². The first-order chi connectivity index (χ1) is 15.9. The number of carbonyl (C=O) groups is 3. The number of hydrogen-bond acceptors (Lipinski definition) is 7. The highest BCUT2D eigenvalue weighted by atomic mass is 16.6. The zero-order valence-electron chi connectivity index (χ0n) is 17.7. The third kappa shape index (κ3) is 6.26. The Bertz CT molecular complexity index is 1200. The first-order valence-corrected chi connectivity index (χ1v) is 9.93. The zero-order valence-corrected chi connectivity index (χ0v) is 17.7. The fourth-order valence-electron chi connectivity index (χ4n) is 3.07. The molecule has 0 heterocycles. The van der Waals surface area contributed by atoms with Gasteiger partial charge in [0.1, 0.15) is 11.4 Å². The Labute approximate surface area is 188 Å². The van der Waals surface area contributed by atoms with Gasteiger partial charge in [-0.2, -0.15) is 0 Å². The first kappa shape index (κ1) is 23.2. The van der Waals surface area contributed by atoms with Gasteiger partial charge in [0.05, 0.1) is 18.5 Å². The van der Waals surface area contributed by atoms with E-state index in [9.17, 15) is 24.5 Å². The summed E-state index contributed by atoms with van der Waals surface area (Å²) >= 11 is 0. The quantitative estimate of drug-likeness (QED) is 0.288. The molecule has 3 rings (SSSR count). The van der Waals surface area contributed by atoms with Crippen LogP contribution in [0.25, 0.3) is 10.8 Å². The van der Waals surface area contributed by atoms with Crippen molar-refractivity contribution in [2.75, 3.05) is 24.4 Å². The van der Waals surface area contributed by atoms with E-state index in [2.05, 4.69) is 10.6 Å². The molecule has 0 saturated heterocycles. The number of nitrogens with zero attached hydrogens (tertiary/aromatic N) is 1. The molecule has 3 aromatic carbocycles. The predicted molar refractivity (Wildman–Crippen MR) is 121 cm³/mol. The molecule has 2 N–H and O–H groups in total. The molecule has 0 radical (unpaired) electrons. The van der Waals surface area contributed by atoms with Crippen LogP contribution in [0.15, 0.2) is 60.7 Å². The van der Waals surface area contributed by atoms with Crippen LogP contribution in [-0.4, -0.2) is 36.4 Å². The number of ether oxygens (including phenoxy) is 2. The number of nitrogens with one attached hydrogen (secondary N) is 2. The molecule has 0 spiro atoms. The summed E-state index contributed by atoms with van der Waals surface area (Å²) in [4.78, 5) is 46.7. The Morgan fingerprint density at radius 1 is 0.909 bits per heavy atom. The molecule has 0 aliphatic rings. The highest BCUT2D eigenvalue weighted by Gasteiger charge is 2.18. The summed E-state index contributed by atoms with van der Waals surface area (Å²) in [6.45, 7) is -0.655. The average Bonchev–Trinajstić information content (AvgIpc) is 2.81. The van der Waals surface area contributed by atoms with Crippen LogP contribution in [0.5, 0.6) is 5.75 Å². The van der Waals surface area contributed by atoms with Crippen molar-refractivity contribution in [2.24, 2.45) is 0 Å². The van der Waals surface area contributed by atoms with Gasteiger partial charge in [-0.25, -0.2) is 0 Å². The maximum absolute atomic E-state index is 12.2. The summed E-state index contributed by atoms with van der Waals surface area (Å²) in [5.41, 5.74) is 0.209. The summed E-state index contributed by atoms with van der Waals surface area (Å²) in [6.07, 6.45) is -0.367. The second-order valence-corrected chi connectivity index (χ2v) is 6.92. The van der Waals surface area contributed by atoms with Gasteiger partial charge in [-0.05, 0) is 17.5 Å². The van der Waals surface area contributed by atoms with Crippen LogP contribution in [0.4, 0.5) is 17.1 Å². The SMILES string of the molecule is COc1ccc([N+](=O)[O-])c(NC(=O)COC(=O)CCC(=O)Nc2cccc3ccccc23)c1. The van der Waals surface area contributed by atoms with Crippen molar-refractivity contribution in [2.45, 2.75) is 12.8 Å². The minimum Gasteiger partial charge on any atom is -0.497 e. The van der Waals surface area contributed by atoms with Crippen LogP contribution < -0.4 is 15.4 Å². The van der Waals surface area contributed by atoms with Crippen molar-refractivity contribution in [1.82, 2.24) is 0 Å². The van der Waals surface area contributed by atoms with E-state index < -0.39 is 23.4 Å². The number of carbonyl (C=O) groups excluding carboxylic acids is 3. The van der Waals surface area contributed by atoms with E-state index in [0.29, 0.717) is 11.4 Å². The molecule has 3 aromatic rings. The third-order valence-electron chi connectivity index (χ3n) is 4.66. The summed E-state index contributed by atoms with van der Waals surface area (Å²) in [7, 11) is 1.38. The van der Waals surface area contributed by atoms with Crippen LogP contribution in [0.1, 0.15) is 12.8 Å². The van der Waals surface area contributed by atoms with E-state index in [1.165, 1.54) is 25.3 Å². The lowest BCUT2D eigenvalue weighted by atomic mass is 10.1. The highest BCUT2D eigenvalue weighted by molar-refractivity contribution is 6.02. The summed E-state index contributed by atoms with van der Waals surface area (Å²) in [6, 6.07) is 16.9. The number of nitro benzene ring substituents is 1. The summed E-state index contributed by atoms with van der Waals surface area (Å²) < 4.78 is 9.86. The Morgan fingerprint density at radius 2 is 1.64 bits per heavy atom. The number of amides is 2. The van der Waals surface area contributed by atoms with Gasteiger partial charge < -0.3 is 20.1 Å². The molecule has 0 bridgehead atoms. The molecule has 170 valence electrons. The highest BCUT2D eigenvalue weighted by Crippen LogP contribution is 2.28. The molecule has 0 saturated carbocycles. The van der Waals surface area contributed by atoms with Gasteiger partial charge in [-0.1, -0.05) is 36.4 Å². The number of fused-ring (bicyclic) bond motifs is 1. The van der Waals surface area contributed by atoms with Gasteiger partial charge in [0.2, 0.25) is 5.91 Å². The van der Waals surface area contributed by atoms with Crippen molar-refractivity contribution in [1.29, 1.82) is 0 Å². The Morgan fingerprint density at radius 3 is 2.39 bits per heavy atom. The topological polar surface area (TPSA) is 137 Å². The molecule has 2 amide bonds. The molecule has 0 aliphatic carbocycles. The number of anilines is 2. The minimum absolute atomic E-state index is 0.0881. The number of methoxy groups -OCH3 is 1. The molecule has 0 aromatic heterocycles. The Balaban J connectivity index is 1.48. The van der Waals surface area contributed by atoms with Crippen LogP contribution in [-0.2, 0) is 19.1 Å². The van der Waals surface area contributed by atoms with E-state index in [1.807, 2.05) is 36.4 Å². The Kier molecular flexibility index (Phi) is 7.53. The van der Waals surface area contributed by atoms with Gasteiger partial charge in [0, 0.05) is 29.6 Å². The lowest BCUT2D eigenvalue weighted by molar-refractivity contribution is -0.383. The monoisotopic (exact) mass is 451 g/mol.